The number of nitrogens with zero attached hydrogens (tertiary/aromatic N) is 4. The number of anilines is 1. The zero-order chi connectivity index (χ0) is 21.4. The largest absolute Gasteiger partial charge is 0.494 e. The molecule has 0 fully saturated rings. The van der Waals surface area contributed by atoms with E-state index < -0.39 is 16.4 Å². The first-order chi connectivity index (χ1) is 13.7. The lowest BCUT2D eigenvalue weighted by Crippen LogP contribution is -2.46. The van der Waals surface area contributed by atoms with Crippen molar-refractivity contribution in [2.24, 2.45) is 4.99 Å². The van der Waals surface area contributed by atoms with Crippen LogP contribution in [0.2, 0.25) is 5.15 Å². The molecule has 0 bridgehead atoms. The monoisotopic (exact) mass is 455 g/mol. The number of methoxy groups -OCH3 is 1. The fraction of sp³-hybridized carbons (Fsp3) is 0.235. The summed E-state index contributed by atoms with van der Waals surface area (Å²) in [6.07, 6.45) is 4.87. The summed E-state index contributed by atoms with van der Waals surface area (Å²) in [6, 6.07) is 4.65. The minimum absolute atomic E-state index is 0.0175. The molecule has 0 spiro atoms. The van der Waals surface area contributed by atoms with Gasteiger partial charge in [0.15, 0.2) is 16.7 Å². The van der Waals surface area contributed by atoms with Crippen LogP contribution in [0.25, 0.3) is 0 Å². The molecule has 29 heavy (non-hydrogen) atoms. The second-order valence-electron chi connectivity index (χ2n) is 5.62. The molecule has 12 heteroatoms. The molecule has 0 aliphatic carbocycles. The molecule has 0 saturated carbocycles. The minimum Gasteiger partial charge on any atom is -0.494 e. The number of halogens is 3. The smallest absolute Gasteiger partial charge is 0.256 e. The topological polar surface area (TPSA) is 124 Å². The van der Waals surface area contributed by atoms with E-state index >= 15 is 0 Å². The molecule has 2 aromatic rings. The van der Waals surface area contributed by atoms with Crippen molar-refractivity contribution < 1.29 is 9.53 Å². The van der Waals surface area contributed by atoms with Gasteiger partial charge < -0.3 is 15.4 Å². The Morgan fingerprint density at radius 3 is 2.69 bits per heavy atom. The zero-order valence-electron chi connectivity index (χ0n) is 15.3. The number of carbonyl (C=O) groups excluding carboxylic acids is 1. The van der Waals surface area contributed by atoms with E-state index in [-0.39, 0.29) is 17.3 Å². The second-order valence-corrected chi connectivity index (χ2v) is 7.77. The van der Waals surface area contributed by atoms with E-state index in [1.54, 1.807) is 18.3 Å². The van der Waals surface area contributed by atoms with E-state index in [1.165, 1.54) is 38.7 Å². The first-order valence-electron chi connectivity index (χ1n) is 8.02. The van der Waals surface area contributed by atoms with E-state index in [4.69, 9.17) is 44.8 Å². The molecule has 0 aliphatic rings. The van der Waals surface area contributed by atoms with Crippen LogP contribution in [-0.4, -0.2) is 39.4 Å². The Morgan fingerprint density at radius 1 is 1.34 bits per heavy atom. The number of guanidine groups is 1. The lowest BCUT2D eigenvalue weighted by molar-refractivity contribution is 0.0932. The van der Waals surface area contributed by atoms with Gasteiger partial charge in [0.2, 0.25) is 5.96 Å². The number of alkyl halides is 2. The summed E-state index contributed by atoms with van der Waals surface area (Å²) in [5, 5.41) is 17.1. The summed E-state index contributed by atoms with van der Waals surface area (Å²) >= 11 is 18.2. The van der Waals surface area contributed by atoms with Crippen LogP contribution in [0.1, 0.15) is 17.3 Å². The molecular formula is C17H16Cl3N7O2. The fourth-order valence-electron chi connectivity index (χ4n) is 2.07. The number of rotatable bonds is 6. The average molecular weight is 457 g/mol. The van der Waals surface area contributed by atoms with Gasteiger partial charge in [-0.25, -0.2) is 9.98 Å². The summed E-state index contributed by atoms with van der Waals surface area (Å²) in [7, 11) is 1.41. The first-order valence-corrected chi connectivity index (χ1v) is 9.16. The SMILES string of the molecule is COc1cnccc1C(=O)NC(N=C(NC#N)Nc1ccc(Cl)nc1)C(C)(Cl)Cl. The molecule has 1 unspecified atom stereocenters. The second kappa shape index (κ2) is 10.1. The number of nitrogens with one attached hydrogen (secondary N) is 3. The minimum atomic E-state index is -1.52. The Kier molecular flexibility index (Phi) is 7.84. The molecule has 3 N–H and O–H groups in total. The van der Waals surface area contributed by atoms with Crippen molar-refractivity contribution >= 4 is 52.4 Å². The predicted molar refractivity (Wildman–Crippen MR) is 111 cm³/mol. The lowest BCUT2D eigenvalue weighted by atomic mass is 10.2. The normalized spacial score (nSPS) is 12.5. The Morgan fingerprint density at radius 2 is 2.10 bits per heavy atom. The molecule has 152 valence electrons. The standard InChI is InChI=1S/C17H16Cl3N7O2/c1-17(19,20)15(26-14(28)11-5-6-22-8-12(11)29-2)27-16(24-9-21)25-10-3-4-13(18)23-7-10/h3-8,15H,1-2H3,(H,26,28)(H2,24,25,27). The van der Waals surface area contributed by atoms with E-state index in [0.29, 0.717) is 10.8 Å². The maximum Gasteiger partial charge on any atom is 0.256 e. The van der Waals surface area contributed by atoms with E-state index in [9.17, 15) is 4.79 Å². The van der Waals surface area contributed by atoms with Crippen molar-refractivity contribution in [2.75, 3.05) is 12.4 Å². The number of ether oxygens (including phenoxy) is 1. The van der Waals surface area contributed by atoms with E-state index in [0.717, 1.165) is 0 Å². The highest BCUT2D eigenvalue weighted by Gasteiger charge is 2.32. The van der Waals surface area contributed by atoms with Crippen LogP contribution in [0.4, 0.5) is 5.69 Å². The van der Waals surface area contributed by atoms with Gasteiger partial charge in [0.25, 0.3) is 5.91 Å². The van der Waals surface area contributed by atoms with Gasteiger partial charge in [0.1, 0.15) is 10.9 Å². The van der Waals surface area contributed by atoms with E-state index in [1.807, 2.05) is 0 Å². The van der Waals surface area contributed by atoms with Crippen molar-refractivity contribution in [3.63, 3.8) is 0 Å². The van der Waals surface area contributed by atoms with Crippen molar-refractivity contribution in [1.29, 1.82) is 5.26 Å². The number of hydrogen-bond acceptors (Lipinski definition) is 6. The maximum absolute atomic E-state index is 12.7. The first kappa shape index (κ1) is 22.5. The third-order valence-corrected chi connectivity index (χ3v) is 4.06. The van der Waals surface area contributed by atoms with Crippen LogP contribution < -0.4 is 20.7 Å². The molecule has 1 amide bonds. The van der Waals surface area contributed by atoms with Crippen molar-refractivity contribution in [2.45, 2.75) is 17.4 Å². The third kappa shape index (κ3) is 6.64. The predicted octanol–water partition coefficient (Wildman–Crippen LogP) is 2.93. The highest BCUT2D eigenvalue weighted by atomic mass is 35.5. The van der Waals surface area contributed by atoms with Crippen LogP contribution >= 0.6 is 34.8 Å². The van der Waals surface area contributed by atoms with Gasteiger partial charge in [-0.3, -0.25) is 15.1 Å². The number of nitriles is 1. The number of carbonyl (C=O) groups is 1. The lowest BCUT2D eigenvalue weighted by Gasteiger charge is -2.25. The van der Waals surface area contributed by atoms with Gasteiger partial charge in [-0.05, 0) is 25.1 Å². The number of aromatic nitrogens is 2. The molecular weight excluding hydrogens is 441 g/mol. The summed E-state index contributed by atoms with van der Waals surface area (Å²) in [6.45, 7) is 1.45. The quantitative estimate of drug-likeness (QED) is 0.152. The molecule has 0 aliphatic heterocycles. The number of amides is 1. The third-order valence-electron chi connectivity index (χ3n) is 3.42. The molecule has 1 atom stereocenters. The average Bonchev–Trinajstić information content (AvgIpc) is 2.68. The van der Waals surface area contributed by atoms with Gasteiger partial charge in [0, 0.05) is 6.20 Å². The summed E-state index contributed by atoms with van der Waals surface area (Å²) in [4.78, 5) is 24.7. The fourth-order valence-corrected chi connectivity index (χ4v) is 2.39. The van der Waals surface area contributed by atoms with Crippen LogP contribution in [0.3, 0.4) is 0 Å². The van der Waals surface area contributed by atoms with Crippen LogP contribution in [0.5, 0.6) is 5.75 Å². The van der Waals surface area contributed by atoms with Gasteiger partial charge >= 0.3 is 0 Å². The number of hydrogen-bond donors (Lipinski definition) is 3. The molecule has 0 aromatic carbocycles. The Bertz CT molecular complexity index is 924. The van der Waals surface area contributed by atoms with Gasteiger partial charge in [-0.1, -0.05) is 34.8 Å². The molecule has 2 rings (SSSR count). The molecule has 9 nitrogen and oxygen atoms in total. The zero-order valence-corrected chi connectivity index (χ0v) is 17.5. The van der Waals surface area contributed by atoms with Crippen molar-refractivity contribution in [1.82, 2.24) is 20.6 Å². The molecule has 2 aromatic heterocycles. The Hall–Kier alpha value is -2.80. The van der Waals surface area contributed by atoms with Crippen molar-refractivity contribution in [3.05, 3.63) is 47.5 Å². The summed E-state index contributed by atoms with van der Waals surface area (Å²) in [5.74, 6) is -0.301. The van der Waals surface area contributed by atoms with Crippen LogP contribution in [-0.2, 0) is 0 Å². The summed E-state index contributed by atoms with van der Waals surface area (Å²) < 4.78 is 3.62. The molecule has 0 radical (unpaired) electrons. The van der Waals surface area contributed by atoms with E-state index in [2.05, 4.69) is 30.9 Å². The Labute approximate surface area is 182 Å². The van der Waals surface area contributed by atoms with Gasteiger partial charge in [-0.15, -0.1) is 0 Å². The van der Waals surface area contributed by atoms with Gasteiger partial charge in [-0.2, -0.15) is 5.26 Å². The van der Waals surface area contributed by atoms with Crippen LogP contribution in [0.15, 0.2) is 41.8 Å². The summed E-state index contributed by atoms with van der Waals surface area (Å²) in [5.41, 5.74) is 0.701. The van der Waals surface area contributed by atoms with Gasteiger partial charge in [0.05, 0.1) is 30.8 Å². The highest BCUT2D eigenvalue weighted by Crippen LogP contribution is 2.26. The number of aliphatic imine (C=N–C) groups is 1. The molecule has 0 saturated heterocycles. The molecule has 2 heterocycles. The highest BCUT2D eigenvalue weighted by molar-refractivity contribution is 6.48. The van der Waals surface area contributed by atoms with Crippen molar-refractivity contribution in [3.8, 4) is 11.9 Å². The maximum atomic E-state index is 12.7. The number of pyridine rings is 2. The Balaban J connectivity index is 2.30. The van der Waals surface area contributed by atoms with Crippen LogP contribution in [0, 0.1) is 11.5 Å².